The Morgan fingerprint density at radius 2 is 1.66 bits per heavy atom. The van der Waals surface area contributed by atoms with Gasteiger partial charge in [-0.25, -0.2) is 8.42 Å². The van der Waals surface area contributed by atoms with Crippen LogP contribution >= 0.6 is 11.8 Å². The zero-order valence-electron chi connectivity index (χ0n) is 19.8. The molecule has 1 aliphatic rings. The number of allylic oxidation sites excluding steroid dienone is 1. The van der Waals surface area contributed by atoms with Crippen LogP contribution in [-0.2, 0) is 16.6 Å². The van der Waals surface area contributed by atoms with Gasteiger partial charge in [0, 0.05) is 21.9 Å². The van der Waals surface area contributed by atoms with Crippen LogP contribution in [0.5, 0.6) is 0 Å². The summed E-state index contributed by atoms with van der Waals surface area (Å²) in [5, 5.41) is 2.99. The van der Waals surface area contributed by atoms with Crippen molar-refractivity contribution in [3.05, 3.63) is 102 Å². The van der Waals surface area contributed by atoms with E-state index in [0.717, 1.165) is 28.2 Å². The molecule has 0 spiro atoms. The van der Waals surface area contributed by atoms with E-state index in [1.807, 2.05) is 66.7 Å². The van der Waals surface area contributed by atoms with E-state index in [9.17, 15) is 13.2 Å². The molecule has 0 bridgehead atoms. The number of rotatable bonds is 9. The Morgan fingerprint density at radius 3 is 2.34 bits per heavy atom. The van der Waals surface area contributed by atoms with Crippen LogP contribution in [0.2, 0.25) is 0 Å². The van der Waals surface area contributed by atoms with Gasteiger partial charge in [-0.3, -0.25) is 9.10 Å². The number of hydrogen-bond donors (Lipinski definition) is 1. The average Bonchev–Trinajstić information content (AvgIpc) is 2.87. The minimum atomic E-state index is -3.54. The van der Waals surface area contributed by atoms with Gasteiger partial charge in [-0.15, -0.1) is 0 Å². The summed E-state index contributed by atoms with van der Waals surface area (Å²) >= 11 is 1.53. The molecular formula is C28H30N2O3S2. The first-order valence-corrected chi connectivity index (χ1v) is 14.4. The van der Waals surface area contributed by atoms with E-state index >= 15 is 0 Å². The molecule has 1 amide bonds. The van der Waals surface area contributed by atoms with Crippen molar-refractivity contribution >= 4 is 33.4 Å². The lowest BCUT2D eigenvalue weighted by atomic mass is 9.99. The van der Waals surface area contributed by atoms with Gasteiger partial charge in [0.2, 0.25) is 10.0 Å². The second-order valence-corrected chi connectivity index (χ2v) is 11.7. The van der Waals surface area contributed by atoms with Crippen molar-refractivity contribution in [2.45, 2.75) is 42.0 Å². The highest BCUT2D eigenvalue weighted by atomic mass is 32.2. The van der Waals surface area contributed by atoms with Crippen molar-refractivity contribution in [3.63, 3.8) is 0 Å². The van der Waals surface area contributed by atoms with E-state index in [4.69, 9.17) is 0 Å². The molecular weight excluding hydrogens is 476 g/mol. The van der Waals surface area contributed by atoms with Gasteiger partial charge in [0.15, 0.2) is 0 Å². The Labute approximate surface area is 212 Å². The molecule has 0 heterocycles. The molecule has 0 saturated heterocycles. The fourth-order valence-corrected chi connectivity index (χ4v) is 5.97. The van der Waals surface area contributed by atoms with Crippen LogP contribution in [0.3, 0.4) is 0 Å². The third kappa shape index (κ3) is 6.99. The normalized spacial score (nSPS) is 13.7. The van der Waals surface area contributed by atoms with E-state index < -0.39 is 10.0 Å². The largest absolute Gasteiger partial charge is 0.348 e. The molecule has 7 heteroatoms. The van der Waals surface area contributed by atoms with Gasteiger partial charge < -0.3 is 5.32 Å². The number of nitrogens with zero attached hydrogens (tertiary/aromatic N) is 1. The van der Waals surface area contributed by atoms with Crippen LogP contribution < -0.4 is 9.62 Å². The Hall–Kier alpha value is -3.03. The highest BCUT2D eigenvalue weighted by Crippen LogP contribution is 2.36. The lowest BCUT2D eigenvalue weighted by molar-refractivity contribution is 0.0956. The van der Waals surface area contributed by atoms with Crippen molar-refractivity contribution in [1.29, 1.82) is 0 Å². The number of amides is 1. The molecule has 182 valence electrons. The predicted molar refractivity (Wildman–Crippen MR) is 143 cm³/mol. The van der Waals surface area contributed by atoms with E-state index in [0.29, 0.717) is 17.8 Å². The number of para-hydroxylation sites is 1. The molecule has 0 saturated carbocycles. The standard InChI is InChI=1S/C28H30N2O3S2/c1-35(32,33)30(26-14-8-9-15-27(26)34-25-12-6-3-7-13-25)21-23-16-18-24(19-17-23)28(31)29-20-22-10-4-2-5-11-22/h3,6-10,12-19H,2,4-5,11,20-21H2,1H3,(H,29,31). The molecule has 4 rings (SSSR count). The second kappa shape index (κ2) is 11.6. The highest BCUT2D eigenvalue weighted by molar-refractivity contribution is 7.99. The zero-order chi connectivity index (χ0) is 24.7. The fraction of sp³-hybridized carbons (Fsp3) is 0.250. The first-order valence-electron chi connectivity index (χ1n) is 11.7. The maximum absolute atomic E-state index is 12.8. The first kappa shape index (κ1) is 25.1. The minimum Gasteiger partial charge on any atom is -0.348 e. The SMILES string of the molecule is CS(=O)(=O)N(Cc1ccc(C(=O)NCC2=CCCCC2)cc1)c1ccccc1Sc1ccccc1. The number of carbonyl (C=O) groups is 1. The summed E-state index contributed by atoms with van der Waals surface area (Å²) in [6, 6.07) is 24.5. The van der Waals surface area contributed by atoms with Crippen molar-refractivity contribution in [2.75, 3.05) is 17.1 Å². The average molecular weight is 507 g/mol. The molecule has 3 aromatic rings. The molecule has 0 radical (unpaired) electrons. The van der Waals surface area contributed by atoms with E-state index in [1.54, 1.807) is 12.1 Å². The summed E-state index contributed by atoms with van der Waals surface area (Å²) in [6.07, 6.45) is 7.98. The third-order valence-corrected chi connectivity index (χ3v) is 8.11. The number of hydrogen-bond acceptors (Lipinski definition) is 4. The molecule has 0 fully saturated rings. The molecule has 0 aromatic heterocycles. The summed E-state index contributed by atoms with van der Waals surface area (Å²) in [6.45, 7) is 0.762. The van der Waals surface area contributed by atoms with Gasteiger partial charge in [0.05, 0.1) is 18.5 Å². The van der Waals surface area contributed by atoms with Crippen LogP contribution in [0.1, 0.15) is 41.6 Å². The van der Waals surface area contributed by atoms with Gasteiger partial charge in [0.1, 0.15) is 0 Å². The summed E-state index contributed by atoms with van der Waals surface area (Å²) in [7, 11) is -3.54. The molecule has 1 N–H and O–H groups in total. The van der Waals surface area contributed by atoms with Crippen molar-refractivity contribution in [3.8, 4) is 0 Å². The first-order chi connectivity index (χ1) is 16.9. The van der Waals surface area contributed by atoms with Gasteiger partial charge in [-0.05, 0) is 67.6 Å². The summed E-state index contributed by atoms with van der Waals surface area (Å²) in [4.78, 5) is 14.5. The van der Waals surface area contributed by atoms with Crippen molar-refractivity contribution < 1.29 is 13.2 Å². The second-order valence-electron chi connectivity index (χ2n) is 8.64. The summed E-state index contributed by atoms with van der Waals surface area (Å²) in [5.74, 6) is -0.118. The van der Waals surface area contributed by atoms with Gasteiger partial charge in [0.25, 0.3) is 5.91 Å². The topological polar surface area (TPSA) is 66.5 Å². The van der Waals surface area contributed by atoms with Gasteiger partial charge >= 0.3 is 0 Å². The minimum absolute atomic E-state index is 0.118. The molecule has 35 heavy (non-hydrogen) atoms. The number of anilines is 1. The molecule has 0 atom stereocenters. The number of nitrogens with one attached hydrogen (secondary N) is 1. The van der Waals surface area contributed by atoms with Gasteiger partial charge in [-0.1, -0.05) is 65.9 Å². The molecule has 3 aromatic carbocycles. The van der Waals surface area contributed by atoms with Crippen LogP contribution in [0.25, 0.3) is 0 Å². The van der Waals surface area contributed by atoms with Crippen LogP contribution in [0.4, 0.5) is 5.69 Å². The Bertz CT molecular complexity index is 1290. The Balaban J connectivity index is 1.49. The maximum Gasteiger partial charge on any atom is 0.251 e. The quantitative estimate of drug-likeness (QED) is 0.360. The molecule has 0 aliphatic heterocycles. The fourth-order valence-electron chi connectivity index (χ4n) is 4.03. The van der Waals surface area contributed by atoms with Crippen LogP contribution in [0.15, 0.2) is 100 Å². The van der Waals surface area contributed by atoms with Crippen LogP contribution in [-0.4, -0.2) is 27.1 Å². The number of carbonyl (C=O) groups excluding carboxylic acids is 1. The van der Waals surface area contributed by atoms with Crippen molar-refractivity contribution in [2.24, 2.45) is 0 Å². The van der Waals surface area contributed by atoms with E-state index in [-0.39, 0.29) is 12.5 Å². The summed E-state index contributed by atoms with van der Waals surface area (Å²) in [5.41, 5.74) is 3.29. The maximum atomic E-state index is 12.8. The Morgan fingerprint density at radius 1 is 0.943 bits per heavy atom. The van der Waals surface area contributed by atoms with E-state index in [2.05, 4.69) is 11.4 Å². The number of sulfonamides is 1. The van der Waals surface area contributed by atoms with E-state index in [1.165, 1.54) is 40.7 Å². The zero-order valence-corrected chi connectivity index (χ0v) is 21.4. The van der Waals surface area contributed by atoms with Crippen molar-refractivity contribution in [1.82, 2.24) is 5.32 Å². The Kier molecular flexibility index (Phi) is 8.31. The molecule has 5 nitrogen and oxygen atoms in total. The van der Waals surface area contributed by atoms with Gasteiger partial charge in [-0.2, -0.15) is 0 Å². The predicted octanol–water partition coefficient (Wildman–Crippen LogP) is 6.03. The number of benzene rings is 3. The summed E-state index contributed by atoms with van der Waals surface area (Å²) < 4.78 is 27.0. The highest BCUT2D eigenvalue weighted by Gasteiger charge is 2.21. The lowest BCUT2D eigenvalue weighted by Gasteiger charge is -2.25. The molecule has 1 aliphatic carbocycles. The molecule has 0 unspecified atom stereocenters. The monoisotopic (exact) mass is 506 g/mol. The lowest BCUT2D eigenvalue weighted by Crippen LogP contribution is -2.30. The van der Waals surface area contributed by atoms with Crippen LogP contribution in [0, 0.1) is 0 Å². The third-order valence-electron chi connectivity index (χ3n) is 5.91. The smallest absolute Gasteiger partial charge is 0.251 e.